The minimum absolute atomic E-state index is 0.0189. The number of aromatic nitrogens is 3. The van der Waals surface area contributed by atoms with E-state index in [2.05, 4.69) is 15.5 Å². The molecule has 3 rings (SSSR count). The van der Waals surface area contributed by atoms with Gasteiger partial charge in [0, 0.05) is 12.6 Å². The van der Waals surface area contributed by atoms with Gasteiger partial charge in [0.25, 0.3) is 0 Å². The maximum atomic E-state index is 12.5. The topological polar surface area (TPSA) is 85.3 Å². The second-order valence-electron chi connectivity index (χ2n) is 6.72. The summed E-state index contributed by atoms with van der Waals surface area (Å²) in [6, 6.07) is 5.57. The lowest BCUT2D eigenvalue weighted by Crippen LogP contribution is -2.39. The molecule has 0 aromatic carbocycles. The first-order chi connectivity index (χ1) is 11.1. The van der Waals surface area contributed by atoms with Crippen LogP contribution in [0, 0.1) is 5.41 Å². The van der Waals surface area contributed by atoms with Crippen LogP contribution in [-0.2, 0) is 4.79 Å². The van der Waals surface area contributed by atoms with Gasteiger partial charge in [-0.2, -0.15) is 0 Å². The van der Waals surface area contributed by atoms with Gasteiger partial charge in [0.05, 0.1) is 6.04 Å². The highest BCUT2D eigenvalue weighted by Crippen LogP contribution is 2.38. The molecule has 1 atom stereocenters. The summed E-state index contributed by atoms with van der Waals surface area (Å²) in [6.45, 7) is 2.53. The number of fused-ring (bicyclic) bond motifs is 1. The summed E-state index contributed by atoms with van der Waals surface area (Å²) < 4.78 is 1.91. The van der Waals surface area contributed by atoms with E-state index in [9.17, 15) is 4.79 Å². The van der Waals surface area contributed by atoms with Crippen LogP contribution in [0.1, 0.15) is 57.3 Å². The Morgan fingerprint density at radius 2 is 2.13 bits per heavy atom. The van der Waals surface area contributed by atoms with Crippen LogP contribution in [0.4, 0.5) is 0 Å². The van der Waals surface area contributed by atoms with E-state index < -0.39 is 0 Å². The van der Waals surface area contributed by atoms with Crippen LogP contribution in [0.15, 0.2) is 24.4 Å². The molecule has 2 aromatic heterocycles. The van der Waals surface area contributed by atoms with Gasteiger partial charge in [-0.05, 0) is 43.9 Å². The van der Waals surface area contributed by atoms with E-state index in [1.54, 1.807) is 0 Å². The number of nitrogens with zero attached hydrogens (tertiary/aromatic N) is 3. The Hall–Kier alpha value is -1.95. The zero-order chi connectivity index (χ0) is 16.3. The molecule has 23 heavy (non-hydrogen) atoms. The Balaban J connectivity index is 1.67. The quantitative estimate of drug-likeness (QED) is 0.886. The molecule has 0 aliphatic heterocycles. The summed E-state index contributed by atoms with van der Waals surface area (Å²) in [5, 5.41) is 11.4. The van der Waals surface area contributed by atoms with Crippen LogP contribution in [-0.4, -0.2) is 27.0 Å². The van der Waals surface area contributed by atoms with E-state index in [4.69, 9.17) is 5.73 Å². The minimum Gasteiger partial charge on any atom is -0.346 e. The molecule has 1 saturated carbocycles. The molecule has 6 heteroatoms. The van der Waals surface area contributed by atoms with Gasteiger partial charge in [-0.3, -0.25) is 9.20 Å². The fraction of sp³-hybridized carbons (Fsp3) is 0.588. The average Bonchev–Trinajstić information content (AvgIpc) is 2.99. The number of amides is 1. The third kappa shape index (κ3) is 3.37. The van der Waals surface area contributed by atoms with Crippen LogP contribution in [0.5, 0.6) is 0 Å². The van der Waals surface area contributed by atoms with Gasteiger partial charge in [0.2, 0.25) is 5.91 Å². The summed E-state index contributed by atoms with van der Waals surface area (Å²) in [4.78, 5) is 12.5. The number of rotatable bonds is 5. The number of nitrogens with one attached hydrogen (secondary N) is 1. The molecule has 1 fully saturated rings. The lowest BCUT2D eigenvalue weighted by atomic mass is 9.71. The van der Waals surface area contributed by atoms with Crippen LogP contribution in [0.3, 0.4) is 0 Å². The van der Waals surface area contributed by atoms with Crippen molar-refractivity contribution in [3.05, 3.63) is 30.2 Å². The zero-order valence-corrected chi connectivity index (χ0v) is 13.7. The summed E-state index contributed by atoms with van der Waals surface area (Å²) >= 11 is 0. The number of nitrogens with two attached hydrogens (primary N) is 1. The Morgan fingerprint density at radius 3 is 2.87 bits per heavy atom. The van der Waals surface area contributed by atoms with Crippen molar-refractivity contribution in [3.63, 3.8) is 0 Å². The molecule has 0 spiro atoms. The van der Waals surface area contributed by atoms with Crippen molar-refractivity contribution in [2.75, 3.05) is 6.54 Å². The molecular weight excluding hydrogens is 290 g/mol. The second-order valence-corrected chi connectivity index (χ2v) is 6.72. The molecule has 124 valence electrons. The molecule has 3 N–H and O–H groups in total. The van der Waals surface area contributed by atoms with E-state index in [1.165, 1.54) is 19.3 Å². The fourth-order valence-corrected chi connectivity index (χ4v) is 3.61. The molecule has 1 amide bonds. The van der Waals surface area contributed by atoms with Crippen molar-refractivity contribution < 1.29 is 4.79 Å². The number of hydrogen-bond donors (Lipinski definition) is 2. The van der Waals surface area contributed by atoms with Crippen molar-refractivity contribution in [1.29, 1.82) is 0 Å². The van der Waals surface area contributed by atoms with Crippen LogP contribution >= 0.6 is 0 Å². The van der Waals surface area contributed by atoms with Crippen molar-refractivity contribution in [3.8, 4) is 0 Å². The standard InChI is InChI=1S/C17H25N5O/c1-13(16-21-20-14-7-3-6-10-22(14)16)19-15(23)11-17(12-18)8-4-2-5-9-17/h3,6-7,10,13H,2,4-5,8-9,11-12,18H2,1H3,(H,19,23). The summed E-state index contributed by atoms with van der Waals surface area (Å²) in [6.07, 6.45) is 8.13. The third-order valence-corrected chi connectivity index (χ3v) is 4.99. The van der Waals surface area contributed by atoms with E-state index in [1.807, 2.05) is 35.7 Å². The molecule has 1 unspecified atom stereocenters. The van der Waals surface area contributed by atoms with Gasteiger partial charge in [0.1, 0.15) is 0 Å². The number of hydrogen-bond acceptors (Lipinski definition) is 4. The largest absolute Gasteiger partial charge is 0.346 e. The zero-order valence-electron chi connectivity index (χ0n) is 13.7. The Kier molecular flexibility index (Phi) is 4.61. The summed E-state index contributed by atoms with van der Waals surface area (Å²) in [5.74, 6) is 0.803. The molecule has 2 aromatic rings. The third-order valence-electron chi connectivity index (χ3n) is 4.99. The van der Waals surface area contributed by atoms with Crippen molar-refractivity contribution in [1.82, 2.24) is 19.9 Å². The highest BCUT2D eigenvalue weighted by Gasteiger charge is 2.33. The van der Waals surface area contributed by atoms with E-state index in [-0.39, 0.29) is 17.4 Å². The molecule has 0 bridgehead atoms. The van der Waals surface area contributed by atoms with E-state index in [0.29, 0.717) is 13.0 Å². The van der Waals surface area contributed by atoms with Crippen LogP contribution < -0.4 is 11.1 Å². The first kappa shape index (κ1) is 15.9. The lowest BCUT2D eigenvalue weighted by molar-refractivity contribution is -0.124. The first-order valence-corrected chi connectivity index (χ1v) is 8.43. The molecule has 1 aliphatic carbocycles. The van der Waals surface area contributed by atoms with Crippen molar-refractivity contribution in [2.24, 2.45) is 11.1 Å². The predicted octanol–water partition coefficient (Wildman–Crippen LogP) is 2.21. The van der Waals surface area contributed by atoms with Gasteiger partial charge in [-0.15, -0.1) is 10.2 Å². The monoisotopic (exact) mass is 315 g/mol. The molecule has 2 heterocycles. The number of carbonyl (C=O) groups is 1. The number of carbonyl (C=O) groups excluding carboxylic acids is 1. The van der Waals surface area contributed by atoms with Gasteiger partial charge in [-0.1, -0.05) is 25.3 Å². The van der Waals surface area contributed by atoms with E-state index >= 15 is 0 Å². The average molecular weight is 315 g/mol. The van der Waals surface area contributed by atoms with Gasteiger partial charge in [-0.25, -0.2) is 0 Å². The molecule has 1 aliphatic rings. The Bertz CT molecular complexity index is 674. The molecule has 6 nitrogen and oxygen atoms in total. The smallest absolute Gasteiger partial charge is 0.221 e. The Morgan fingerprint density at radius 1 is 1.35 bits per heavy atom. The molecular formula is C17H25N5O. The van der Waals surface area contributed by atoms with Crippen LogP contribution in [0.2, 0.25) is 0 Å². The first-order valence-electron chi connectivity index (χ1n) is 8.43. The van der Waals surface area contributed by atoms with Gasteiger partial charge < -0.3 is 11.1 Å². The second kappa shape index (κ2) is 6.66. The normalized spacial score (nSPS) is 18.7. The van der Waals surface area contributed by atoms with Crippen molar-refractivity contribution in [2.45, 2.75) is 51.5 Å². The number of pyridine rings is 1. The van der Waals surface area contributed by atoms with Gasteiger partial charge >= 0.3 is 0 Å². The summed E-state index contributed by atoms with van der Waals surface area (Å²) in [7, 11) is 0. The van der Waals surface area contributed by atoms with Crippen molar-refractivity contribution >= 4 is 11.6 Å². The minimum atomic E-state index is -0.182. The molecule has 0 radical (unpaired) electrons. The fourth-order valence-electron chi connectivity index (χ4n) is 3.61. The SMILES string of the molecule is CC(NC(=O)CC1(CN)CCCCC1)c1nnc2ccccn12. The highest BCUT2D eigenvalue weighted by atomic mass is 16.1. The van der Waals surface area contributed by atoms with E-state index in [0.717, 1.165) is 24.3 Å². The predicted molar refractivity (Wildman–Crippen MR) is 88.7 cm³/mol. The summed E-state index contributed by atoms with van der Waals surface area (Å²) in [5.41, 5.74) is 6.75. The maximum absolute atomic E-state index is 12.5. The van der Waals surface area contributed by atoms with Gasteiger partial charge in [0.15, 0.2) is 11.5 Å². The molecule has 0 saturated heterocycles. The maximum Gasteiger partial charge on any atom is 0.221 e. The van der Waals surface area contributed by atoms with Crippen LogP contribution in [0.25, 0.3) is 5.65 Å². The highest BCUT2D eigenvalue weighted by molar-refractivity contribution is 5.77. The lowest BCUT2D eigenvalue weighted by Gasteiger charge is -2.35. The Labute approximate surface area is 136 Å².